The number of fused-ring (bicyclic) bond motifs is 3. The van der Waals surface area contributed by atoms with Gasteiger partial charge in [-0.2, -0.15) is 0 Å². The maximum atomic E-state index is 12.0. The van der Waals surface area contributed by atoms with E-state index in [1.165, 1.54) is 4.90 Å². The molecule has 0 atom stereocenters. The lowest BCUT2D eigenvalue weighted by Gasteiger charge is -2.08. The van der Waals surface area contributed by atoms with Crippen LogP contribution in [-0.4, -0.2) is 40.8 Å². The number of nitrogens with two attached hydrogens (primary N) is 1. The van der Waals surface area contributed by atoms with Crippen LogP contribution in [0.5, 0.6) is 0 Å². The SMILES string of the molecule is CN(C)C(=O)c1cc2[nH]c3c(C(N)=O)ccc(Br)c3c2cn1. The molecular formula is C15H13BrN4O2. The van der Waals surface area contributed by atoms with Crippen molar-refractivity contribution in [1.29, 1.82) is 0 Å². The molecule has 2 heterocycles. The number of primary amides is 1. The molecule has 0 saturated carbocycles. The van der Waals surface area contributed by atoms with Gasteiger partial charge < -0.3 is 15.6 Å². The molecule has 0 aliphatic carbocycles. The predicted octanol–water partition coefficient (Wildman–Crippen LogP) is 2.28. The number of carbonyl (C=O) groups is 2. The van der Waals surface area contributed by atoms with Crippen LogP contribution in [0.25, 0.3) is 21.8 Å². The second-order valence-electron chi connectivity index (χ2n) is 5.15. The van der Waals surface area contributed by atoms with Crippen LogP contribution in [0.15, 0.2) is 28.9 Å². The number of hydrogen-bond acceptors (Lipinski definition) is 3. The molecule has 0 fully saturated rings. The number of benzene rings is 1. The van der Waals surface area contributed by atoms with E-state index < -0.39 is 5.91 Å². The quantitative estimate of drug-likeness (QED) is 0.734. The zero-order chi connectivity index (χ0) is 16.0. The number of rotatable bonds is 2. The fourth-order valence-corrected chi connectivity index (χ4v) is 2.96. The van der Waals surface area contributed by atoms with Crippen molar-refractivity contribution in [1.82, 2.24) is 14.9 Å². The minimum Gasteiger partial charge on any atom is -0.366 e. The van der Waals surface area contributed by atoms with Crippen LogP contribution in [-0.2, 0) is 0 Å². The standard InChI is InChI=1S/C15H13BrN4O2/c1-20(2)15(22)11-5-10-8(6-18-11)12-9(16)4-3-7(14(17)21)13(12)19-10/h3-6,19H,1-2H3,(H2,17,21). The molecule has 6 nitrogen and oxygen atoms in total. The lowest BCUT2D eigenvalue weighted by Crippen LogP contribution is -2.22. The molecule has 0 saturated heterocycles. The number of carbonyl (C=O) groups excluding carboxylic acids is 2. The molecule has 7 heteroatoms. The summed E-state index contributed by atoms with van der Waals surface area (Å²) in [4.78, 5) is 32.4. The summed E-state index contributed by atoms with van der Waals surface area (Å²) in [5, 5.41) is 1.64. The summed E-state index contributed by atoms with van der Waals surface area (Å²) in [5.74, 6) is -0.698. The Hall–Kier alpha value is -2.41. The maximum Gasteiger partial charge on any atom is 0.272 e. The third-order valence-corrected chi connectivity index (χ3v) is 4.14. The smallest absolute Gasteiger partial charge is 0.272 e. The summed E-state index contributed by atoms with van der Waals surface area (Å²) >= 11 is 3.48. The number of aromatic amines is 1. The summed E-state index contributed by atoms with van der Waals surface area (Å²) < 4.78 is 0.826. The van der Waals surface area contributed by atoms with Gasteiger partial charge in [0.05, 0.1) is 16.6 Å². The Bertz CT molecular complexity index is 930. The van der Waals surface area contributed by atoms with Gasteiger partial charge in [0.2, 0.25) is 0 Å². The average molecular weight is 361 g/mol. The van der Waals surface area contributed by atoms with Gasteiger partial charge in [0.15, 0.2) is 0 Å². The summed E-state index contributed by atoms with van der Waals surface area (Å²) in [6.45, 7) is 0. The molecule has 0 aliphatic heterocycles. The van der Waals surface area contributed by atoms with E-state index in [9.17, 15) is 9.59 Å². The third kappa shape index (κ3) is 2.14. The monoisotopic (exact) mass is 360 g/mol. The normalized spacial score (nSPS) is 11.0. The maximum absolute atomic E-state index is 12.0. The minimum atomic E-state index is -0.512. The van der Waals surface area contributed by atoms with E-state index in [1.807, 2.05) is 0 Å². The van der Waals surface area contributed by atoms with Gasteiger partial charge in [0.1, 0.15) is 5.69 Å². The van der Waals surface area contributed by atoms with Gasteiger partial charge in [0.25, 0.3) is 11.8 Å². The van der Waals surface area contributed by atoms with Crippen LogP contribution >= 0.6 is 15.9 Å². The first-order valence-electron chi connectivity index (χ1n) is 6.51. The highest BCUT2D eigenvalue weighted by atomic mass is 79.9. The Morgan fingerprint density at radius 3 is 2.68 bits per heavy atom. The predicted molar refractivity (Wildman–Crippen MR) is 87.8 cm³/mol. The van der Waals surface area contributed by atoms with Gasteiger partial charge in [-0.25, -0.2) is 0 Å². The molecule has 2 amide bonds. The first kappa shape index (κ1) is 14.5. The minimum absolute atomic E-state index is 0.185. The molecule has 3 N–H and O–H groups in total. The number of nitrogens with one attached hydrogen (secondary N) is 1. The molecule has 3 rings (SSSR count). The average Bonchev–Trinajstić information content (AvgIpc) is 2.85. The first-order chi connectivity index (χ1) is 10.4. The zero-order valence-electron chi connectivity index (χ0n) is 12.0. The molecule has 0 bridgehead atoms. The molecule has 1 aromatic carbocycles. The topological polar surface area (TPSA) is 92.1 Å². The van der Waals surface area contributed by atoms with Crippen molar-refractivity contribution in [2.75, 3.05) is 14.1 Å². The fourth-order valence-electron chi connectivity index (χ4n) is 2.41. The van der Waals surface area contributed by atoms with Crippen LogP contribution in [0.4, 0.5) is 0 Å². The Kier molecular flexibility index (Phi) is 3.37. The van der Waals surface area contributed by atoms with Crippen LogP contribution in [0.1, 0.15) is 20.8 Å². The molecule has 22 heavy (non-hydrogen) atoms. The van der Waals surface area contributed by atoms with Crippen LogP contribution < -0.4 is 5.73 Å². The number of aromatic nitrogens is 2. The molecule has 112 valence electrons. The number of hydrogen-bond donors (Lipinski definition) is 2. The molecular weight excluding hydrogens is 348 g/mol. The highest BCUT2D eigenvalue weighted by Crippen LogP contribution is 2.33. The first-order valence-corrected chi connectivity index (χ1v) is 7.31. The molecule has 0 unspecified atom stereocenters. The van der Waals surface area contributed by atoms with Crippen LogP contribution in [0, 0.1) is 0 Å². The van der Waals surface area contributed by atoms with Gasteiger partial charge in [-0.3, -0.25) is 14.6 Å². The van der Waals surface area contributed by atoms with Crippen molar-refractivity contribution in [3.05, 3.63) is 40.1 Å². The summed E-state index contributed by atoms with van der Waals surface area (Å²) in [6, 6.07) is 5.10. The van der Waals surface area contributed by atoms with E-state index in [0.717, 1.165) is 20.8 Å². The number of amides is 2. The molecule has 3 aromatic rings. The molecule has 0 radical (unpaired) electrons. The van der Waals surface area contributed by atoms with Crippen molar-refractivity contribution in [2.24, 2.45) is 5.73 Å². The Morgan fingerprint density at radius 2 is 2.05 bits per heavy atom. The lowest BCUT2D eigenvalue weighted by atomic mass is 10.1. The molecule has 2 aromatic heterocycles. The highest BCUT2D eigenvalue weighted by molar-refractivity contribution is 9.10. The van der Waals surface area contributed by atoms with Crippen molar-refractivity contribution in [2.45, 2.75) is 0 Å². The number of H-pyrrole nitrogens is 1. The van der Waals surface area contributed by atoms with Gasteiger partial charge in [-0.15, -0.1) is 0 Å². The second-order valence-corrected chi connectivity index (χ2v) is 6.00. The van der Waals surface area contributed by atoms with Gasteiger partial charge in [-0.05, 0) is 18.2 Å². The van der Waals surface area contributed by atoms with Crippen LogP contribution in [0.2, 0.25) is 0 Å². The van der Waals surface area contributed by atoms with E-state index in [4.69, 9.17) is 5.73 Å². The van der Waals surface area contributed by atoms with Crippen molar-refractivity contribution in [3.63, 3.8) is 0 Å². The Morgan fingerprint density at radius 1 is 1.32 bits per heavy atom. The van der Waals surface area contributed by atoms with Gasteiger partial charge in [-0.1, -0.05) is 15.9 Å². The largest absolute Gasteiger partial charge is 0.366 e. The lowest BCUT2D eigenvalue weighted by molar-refractivity contribution is 0.0822. The van der Waals surface area contributed by atoms with Crippen molar-refractivity contribution >= 4 is 49.6 Å². The number of halogens is 1. The molecule has 0 aliphatic rings. The van der Waals surface area contributed by atoms with E-state index in [-0.39, 0.29) is 5.91 Å². The van der Waals surface area contributed by atoms with E-state index >= 15 is 0 Å². The number of nitrogens with zero attached hydrogens (tertiary/aromatic N) is 2. The molecule has 0 spiro atoms. The van der Waals surface area contributed by atoms with E-state index in [2.05, 4.69) is 25.9 Å². The third-order valence-electron chi connectivity index (χ3n) is 3.48. The highest BCUT2D eigenvalue weighted by Gasteiger charge is 2.17. The number of pyridine rings is 1. The van der Waals surface area contributed by atoms with Crippen molar-refractivity contribution < 1.29 is 9.59 Å². The van der Waals surface area contributed by atoms with E-state index in [0.29, 0.717) is 16.8 Å². The van der Waals surface area contributed by atoms with Gasteiger partial charge in [0, 0.05) is 35.5 Å². The Balaban J connectivity index is 2.34. The fraction of sp³-hybridized carbons (Fsp3) is 0.133. The summed E-state index contributed by atoms with van der Waals surface area (Å²) in [6.07, 6.45) is 1.63. The van der Waals surface area contributed by atoms with Crippen molar-refractivity contribution in [3.8, 4) is 0 Å². The van der Waals surface area contributed by atoms with Crippen LogP contribution in [0.3, 0.4) is 0 Å². The van der Waals surface area contributed by atoms with Gasteiger partial charge >= 0.3 is 0 Å². The Labute approximate surface area is 134 Å². The summed E-state index contributed by atoms with van der Waals surface area (Å²) in [5.41, 5.74) is 7.51. The zero-order valence-corrected chi connectivity index (χ0v) is 13.6. The summed E-state index contributed by atoms with van der Waals surface area (Å²) in [7, 11) is 3.34. The van der Waals surface area contributed by atoms with E-state index in [1.54, 1.807) is 38.5 Å². The second kappa shape index (κ2) is 5.10.